The summed E-state index contributed by atoms with van der Waals surface area (Å²) in [5, 5.41) is 5.00. The van der Waals surface area contributed by atoms with Gasteiger partial charge in [-0.2, -0.15) is 0 Å². The van der Waals surface area contributed by atoms with Crippen molar-refractivity contribution in [2.45, 2.75) is 39.5 Å². The number of ether oxygens (including phenoxy) is 1. The van der Waals surface area contributed by atoms with Gasteiger partial charge in [0.15, 0.2) is 0 Å². The Morgan fingerprint density at radius 1 is 0.739 bits per heavy atom. The van der Waals surface area contributed by atoms with E-state index in [-0.39, 0.29) is 21.1 Å². The Morgan fingerprint density at radius 2 is 1.46 bits per heavy atom. The van der Waals surface area contributed by atoms with E-state index in [4.69, 9.17) is 19.1 Å². The number of furan rings is 1. The Labute approximate surface area is 282 Å². The predicted molar refractivity (Wildman–Crippen MR) is 181 cm³/mol. The fourth-order valence-electron chi connectivity index (χ4n) is 6.28. The van der Waals surface area contributed by atoms with Gasteiger partial charge in [0.2, 0.25) is 5.71 Å². The number of aromatic nitrogens is 3. The van der Waals surface area contributed by atoms with Crippen LogP contribution in [0, 0.1) is 12.1 Å². The Bertz CT molecular complexity index is 2360. The van der Waals surface area contributed by atoms with E-state index in [1.165, 1.54) is 16.8 Å². The van der Waals surface area contributed by atoms with Gasteiger partial charge in [-0.25, -0.2) is 0 Å². The zero-order valence-corrected chi connectivity index (χ0v) is 28.2. The molecule has 0 bridgehead atoms. The number of hydrogen-bond donors (Lipinski definition) is 0. The third kappa shape index (κ3) is 5.09. The van der Waals surface area contributed by atoms with Gasteiger partial charge >= 0.3 is 21.1 Å². The van der Waals surface area contributed by atoms with Crippen LogP contribution in [0.5, 0.6) is 11.5 Å². The van der Waals surface area contributed by atoms with Crippen LogP contribution in [0.1, 0.15) is 50.7 Å². The van der Waals surface area contributed by atoms with Crippen LogP contribution in [0.4, 0.5) is 0 Å². The van der Waals surface area contributed by atoms with Crippen LogP contribution in [0.25, 0.3) is 60.8 Å². The van der Waals surface area contributed by atoms with Crippen LogP contribution in [-0.4, -0.2) is 14.5 Å². The molecule has 46 heavy (non-hydrogen) atoms. The summed E-state index contributed by atoms with van der Waals surface area (Å²) < 4.78 is 14.7. The monoisotopic (exact) mass is 780 g/mol. The van der Waals surface area contributed by atoms with E-state index in [2.05, 4.69) is 86.9 Å². The normalized spacial score (nSPS) is 11.7. The molecule has 0 saturated carbocycles. The fraction of sp³-hybridized carbons (Fsp3) is 0.150. The van der Waals surface area contributed by atoms with E-state index in [0.29, 0.717) is 29.0 Å². The summed E-state index contributed by atoms with van der Waals surface area (Å²) in [6.45, 7) is 8.94. The topological polar surface area (TPSA) is 53.1 Å². The second kappa shape index (κ2) is 11.9. The van der Waals surface area contributed by atoms with Crippen molar-refractivity contribution in [1.82, 2.24) is 14.5 Å². The van der Waals surface area contributed by atoms with Crippen molar-refractivity contribution in [2.24, 2.45) is 0 Å². The number of benzene rings is 5. The standard InChI is InChI=1S/C40H31N3O2.Pt/c1-24(2)31-12-8-13-32(25(3)4)38(31)43-20-19-41-39(43)28-9-7-10-29(21-28)44-30-18-17-26-15-16-27-22-35-33-11-5-6-14-36(33)45-40(35)42-37(27)34(26)23-30;/h5-20,22,24-25H,1-4H3;/q-2;+2. The average molecular weight is 781 g/mol. The molecule has 5 nitrogen and oxygen atoms in total. The second-order valence-corrected chi connectivity index (χ2v) is 12.1. The third-order valence-electron chi connectivity index (χ3n) is 8.48. The molecule has 0 radical (unpaired) electrons. The van der Waals surface area contributed by atoms with Crippen molar-refractivity contribution in [3.05, 3.63) is 127 Å². The van der Waals surface area contributed by atoms with Gasteiger partial charge in [-0.05, 0) is 46.0 Å². The van der Waals surface area contributed by atoms with Gasteiger partial charge < -0.3 is 13.7 Å². The van der Waals surface area contributed by atoms with E-state index in [1.807, 2.05) is 60.9 Å². The van der Waals surface area contributed by atoms with Crippen molar-refractivity contribution in [1.29, 1.82) is 0 Å². The largest absolute Gasteiger partial charge is 2.00 e. The minimum Gasteiger partial charge on any atom is -0.497 e. The number of imidazole rings is 1. The fourth-order valence-corrected chi connectivity index (χ4v) is 6.28. The van der Waals surface area contributed by atoms with Crippen molar-refractivity contribution in [3.8, 4) is 28.6 Å². The zero-order valence-electron chi connectivity index (χ0n) is 25.9. The molecule has 8 aromatic rings. The molecule has 0 N–H and O–H groups in total. The maximum atomic E-state index is 6.38. The SMILES string of the molecule is CC(C)c1cccc(C(C)C)c1-n1ccnc1-c1[c-]c(Oc2[c-]c3c(cc2)ccc2cc4c(nc23)oc2ccccc24)ccc1.[Pt+2]. The van der Waals surface area contributed by atoms with Gasteiger partial charge in [0.1, 0.15) is 5.58 Å². The quantitative estimate of drug-likeness (QED) is 0.125. The van der Waals surface area contributed by atoms with Crippen molar-refractivity contribution in [2.75, 3.05) is 0 Å². The maximum absolute atomic E-state index is 6.38. The molecule has 0 aliphatic carbocycles. The molecule has 8 rings (SSSR count). The Hall–Kier alpha value is -4.73. The third-order valence-corrected chi connectivity index (χ3v) is 8.48. The maximum Gasteiger partial charge on any atom is 2.00 e. The number of hydrogen-bond acceptors (Lipinski definition) is 4. The van der Waals surface area contributed by atoms with E-state index >= 15 is 0 Å². The zero-order chi connectivity index (χ0) is 30.7. The molecular weight excluding hydrogens is 750 g/mol. The second-order valence-electron chi connectivity index (χ2n) is 12.1. The minimum atomic E-state index is 0. The molecule has 0 spiro atoms. The first kappa shape index (κ1) is 30.0. The smallest absolute Gasteiger partial charge is 0.497 e. The molecule has 0 unspecified atom stereocenters. The molecule has 0 aliphatic heterocycles. The van der Waals surface area contributed by atoms with E-state index in [1.54, 1.807) is 0 Å². The number of rotatable bonds is 6. The number of pyridine rings is 1. The van der Waals surface area contributed by atoms with E-state index in [9.17, 15) is 0 Å². The molecule has 228 valence electrons. The van der Waals surface area contributed by atoms with E-state index in [0.717, 1.165) is 49.4 Å². The summed E-state index contributed by atoms with van der Waals surface area (Å²) in [5.74, 6) is 2.73. The summed E-state index contributed by atoms with van der Waals surface area (Å²) in [5.41, 5.74) is 6.90. The molecule has 3 aromatic heterocycles. The Morgan fingerprint density at radius 3 is 2.26 bits per heavy atom. The van der Waals surface area contributed by atoms with Gasteiger partial charge in [-0.1, -0.05) is 88.4 Å². The van der Waals surface area contributed by atoms with Crippen LogP contribution in [0.2, 0.25) is 0 Å². The summed E-state index contributed by atoms with van der Waals surface area (Å²) in [6, 6.07) is 37.8. The minimum absolute atomic E-state index is 0. The molecular formula is C40H31N3O2Pt. The van der Waals surface area contributed by atoms with Gasteiger partial charge in [0.05, 0.1) is 5.82 Å². The predicted octanol–water partition coefficient (Wildman–Crippen LogP) is 10.8. The average Bonchev–Trinajstić information content (AvgIpc) is 3.68. The summed E-state index contributed by atoms with van der Waals surface area (Å²) in [6.07, 6.45) is 3.89. The number of nitrogens with zero attached hydrogens (tertiary/aromatic N) is 3. The van der Waals surface area contributed by atoms with Crippen LogP contribution < -0.4 is 4.74 Å². The van der Waals surface area contributed by atoms with Crippen LogP contribution in [0.15, 0.2) is 108 Å². The Balaban J connectivity index is 0.00000338. The first-order valence-corrected chi connectivity index (χ1v) is 15.4. The van der Waals surface area contributed by atoms with Crippen molar-refractivity contribution < 1.29 is 30.2 Å². The van der Waals surface area contributed by atoms with E-state index < -0.39 is 0 Å². The molecule has 5 aromatic carbocycles. The number of para-hydroxylation sites is 2. The van der Waals surface area contributed by atoms with Gasteiger partial charge in [-0.3, -0.25) is 9.97 Å². The molecule has 0 aliphatic rings. The molecule has 6 heteroatoms. The van der Waals surface area contributed by atoms with Gasteiger partial charge in [-0.15, -0.1) is 46.7 Å². The summed E-state index contributed by atoms with van der Waals surface area (Å²) in [4.78, 5) is 9.72. The molecule has 0 fully saturated rings. The summed E-state index contributed by atoms with van der Waals surface area (Å²) in [7, 11) is 0. The van der Waals surface area contributed by atoms with Crippen LogP contribution in [0.3, 0.4) is 0 Å². The molecule has 0 saturated heterocycles. The number of fused-ring (bicyclic) bond motifs is 6. The molecule has 0 amide bonds. The van der Waals surface area contributed by atoms with Gasteiger partial charge in [0.25, 0.3) is 0 Å². The first-order valence-electron chi connectivity index (χ1n) is 15.4. The van der Waals surface area contributed by atoms with Gasteiger partial charge in [0, 0.05) is 40.4 Å². The van der Waals surface area contributed by atoms with Crippen LogP contribution >= 0.6 is 0 Å². The molecule has 0 atom stereocenters. The molecule has 3 heterocycles. The van der Waals surface area contributed by atoms with Crippen molar-refractivity contribution in [3.63, 3.8) is 0 Å². The summed E-state index contributed by atoms with van der Waals surface area (Å²) >= 11 is 0. The first-order chi connectivity index (χ1) is 21.9. The Kier molecular flexibility index (Phi) is 7.74. The van der Waals surface area contributed by atoms with Crippen LogP contribution in [-0.2, 0) is 21.1 Å². The van der Waals surface area contributed by atoms with Crippen molar-refractivity contribution >= 4 is 43.7 Å².